The lowest BCUT2D eigenvalue weighted by Crippen LogP contribution is -2.21. The van der Waals surface area contributed by atoms with E-state index in [9.17, 15) is 18.4 Å². The van der Waals surface area contributed by atoms with Crippen molar-refractivity contribution in [1.29, 1.82) is 0 Å². The first-order valence-corrected chi connectivity index (χ1v) is 11.0. The molecule has 0 spiro atoms. The first-order chi connectivity index (χ1) is 15.7. The molecule has 1 atom stereocenters. The molecule has 33 heavy (non-hydrogen) atoms. The third-order valence-corrected chi connectivity index (χ3v) is 6.38. The van der Waals surface area contributed by atoms with Gasteiger partial charge in [0.25, 0.3) is 11.8 Å². The third-order valence-electron chi connectivity index (χ3n) is 5.29. The molecule has 4 aromatic rings. The van der Waals surface area contributed by atoms with Gasteiger partial charge >= 0.3 is 0 Å². The second-order valence-corrected chi connectivity index (χ2v) is 9.03. The van der Waals surface area contributed by atoms with Crippen LogP contribution in [-0.2, 0) is 0 Å². The molecule has 0 fully saturated rings. The normalized spacial score (nSPS) is 14.9. The third kappa shape index (κ3) is 3.76. The van der Waals surface area contributed by atoms with E-state index in [0.29, 0.717) is 15.6 Å². The zero-order chi connectivity index (χ0) is 23.4. The Morgan fingerprint density at radius 2 is 1.88 bits per heavy atom. The summed E-state index contributed by atoms with van der Waals surface area (Å²) in [5.41, 5.74) is 1.39. The van der Waals surface area contributed by atoms with Crippen molar-refractivity contribution < 1.29 is 18.4 Å². The zero-order valence-corrected chi connectivity index (χ0v) is 19.4. The fourth-order valence-corrected chi connectivity index (χ4v) is 4.76. The molecule has 1 aliphatic rings. The monoisotopic (exact) mass is 550 g/mol. The van der Waals surface area contributed by atoms with E-state index in [4.69, 9.17) is 23.2 Å². The van der Waals surface area contributed by atoms with Gasteiger partial charge in [0.2, 0.25) is 0 Å². The van der Waals surface area contributed by atoms with Gasteiger partial charge in [-0.05, 0) is 42.5 Å². The van der Waals surface area contributed by atoms with Gasteiger partial charge in [-0.3, -0.25) is 14.7 Å². The molecule has 0 saturated heterocycles. The van der Waals surface area contributed by atoms with E-state index in [1.165, 1.54) is 24.3 Å². The van der Waals surface area contributed by atoms with Crippen molar-refractivity contribution >= 4 is 67.5 Å². The molecule has 1 unspecified atom stereocenters. The Labute approximate surface area is 203 Å². The standard InChI is InChI=1S/C22H11BrCl2F2N4O2/c23-8-3-12-17(19(29-21(12)32)11-5-9(26)1-2-15(11)24)16(4-8)28-22(33)14-7-10(27)6-13-18(14)30-31-20(13)25/h1-7,19H,(H,28,33)(H,29,32)(H,30,31). The first-order valence-electron chi connectivity index (χ1n) is 9.46. The second-order valence-electron chi connectivity index (χ2n) is 7.33. The highest BCUT2D eigenvalue weighted by atomic mass is 79.9. The highest BCUT2D eigenvalue weighted by molar-refractivity contribution is 9.10. The van der Waals surface area contributed by atoms with Crippen molar-refractivity contribution in [2.75, 3.05) is 5.32 Å². The van der Waals surface area contributed by atoms with Crippen molar-refractivity contribution in [2.45, 2.75) is 6.04 Å². The molecule has 0 radical (unpaired) electrons. The Balaban J connectivity index is 1.63. The maximum Gasteiger partial charge on any atom is 0.258 e. The number of rotatable bonds is 3. The lowest BCUT2D eigenvalue weighted by Gasteiger charge is -2.18. The molecule has 3 N–H and O–H groups in total. The SMILES string of the molecule is O=C1NC(c2cc(F)ccc2Cl)c2c(NC(=O)c3cc(F)cc4c(Cl)[nH]nc34)cc(Br)cc21. The molecule has 6 nitrogen and oxygen atoms in total. The van der Waals surface area contributed by atoms with E-state index in [1.807, 2.05) is 0 Å². The van der Waals surface area contributed by atoms with Gasteiger partial charge in [-0.15, -0.1) is 0 Å². The van der Waals surface area contributed by atoms with E-state index < -0.39 is 29.5 Å². The zero-order valence-electron chi connectivity index (χ0n) is 16.3. The van der Waals surface area contributed by atoms with Crippen LogP contribution < -0.4 is 10.6 Å². The van der Waals surface area contributed by atoms with Crippen LogP contribution in [0.2, 0.25) is 10.2 Å². The lowest BCUT2D eigenvalue weighted by atomic mass is 9.96. The topological polar surface area (TPSA) is 86.9 Å². The number of nitrogens with one attached hydrogen (secondary N) is 3. The number of hydrogen-bond donors (Lipinski definition) is 3. The number of aromatic nitrogens is 2. The van der Waals surface area contributed by atoms with Gasteiger partial charge in [0.1, 0.15) is 22.3 Å². The van der Waals surface area contributed by atoms with Crippen molar-refractivity contribution in [3.63, 3.8) is 0 Å². The van der Waals surface area contributed by atoms with Crippen LogP contribution in [0.3, 0.4) is 0 Å². The maximum atomic E-state index is 14.2. The Kier molecular flexibility index (Phi) is 5.35. The van der Waals surface area contributed by atoms with Crippen LogP contribution in [0.5, 0.6) is 0 Å². The van der Waals surface area contributed by atoms with Crippen molar-refractivity contribution in [2.24, 2.45) is 0 Å². The number of fused-ring (bicyclic) bond motifs is 2. The van der Waals surface area contributed by atoms with Crippen LogP contribution in [-0.4, -0.2) is 22.0 Å². The van der Waals surface area contributed by atoms with E-state index in [2.05, 4.69) is 36.8 Å². The summed E-state index contributed by atoms with van der Waals surface area (Å²) < 4.78 is 28.6. The predicted molar refractivity (Wildman–Crippen MR) is 124 cm³/mol. The number of carbonyl (C=O) groups is 2. The van der Waals surface area contributed by atoms with Crippen LogP contribution >= 0.6 is 39.1 Å². The molecule has 2 heterocycles. The molecule has 1 aromatic heterocycles. The summed E-state index contributed by atoms with van der Waals surface area (Å²) in [4.78, 5) is 25.8. The number of carbonyl (C=O) groups excluding carboxylic acids is 2. The molecule has 3 aromatic carbocycles. The number of aromatic amines is 1. The number of benzene rings is 3. The largest absolute Gasteiger partial charge is 0.341 e. The van der Waals surface area contributed by atoms with Gasteiger partial charge in [0.15, 0.2) is 0 Å². The fourth-order valence-electron chi connectivity index (χ4n) is 3.89. The molecule has 1 aliphatic heterocycles. The molecular weight excluding hydrogens is 541 g/mol. The van der Waals surface area contributed by atoms with Crippen LogP contribution in [0.4, 0.5) is 14.5 Å². The minimum absolute atomic E-state index is 0.0560. The van der Waals surface area contributed by atoms with Gasteiger partial charge in [0.05, 0.1) is 11.6 Å². The number of halogens is 5. The molecule has 11 heteroatoms. The van der Waals surface area contributed by atoms with Gasteiger partial charge in [-0.2, -0.15) is 5.10 Å². The van der Waals surface area contributed by atoms with Gasteiger partial charge in [0, 0.05) is 37.3 Å². The molecule has 0 saturated carbocycles. The number of hydrogen-bond acceptors (Lipinski definition) is 3. The number of nitrogens with zero attached hydrogens (tertiary/aromatic N) is 1. The second kappa shape index (κ2) is 8.09. The van der Waals surface area contributed by atoms with Crippen LogP contribution in [0.25, 0.3) is 10.9 Å². The summed E-state index contributed by atoms with van der Waals surface area (Å²) in [6, 6.07) is 8.38. The van der Waals surface area contributed by atoms with Crippen LogP contribution in [0.15, 0.2) is 46.9 Å². The van der Waals surface area contributed by atoms with Gasteiger partial charge in [-0.25, -0.2) is 8.78 Å². The van der Waals surface area contributed by atoms with Crippen molar-refractivity contribution in [3.05, 3.63) is 91.0 Å². The average molecular weight is 552 g/mol. The summed E-state index contributed by atoms with van der Waals surface area (Å²) in [6.45, 7) is 0. The minimum Gasteiger partial charge on any atom is -0.341 e. The van der Waals surface area contributed by atoms with Crippen LogP contribution in [0, 0.1) is 11.6 Å². The highest BCUT2D eigenvalue weighted by Crippen LogP contribution is 2.41. The van der Waals surface area contributed by atoms with Gasteiger partial charge in [-0.1, -0.05) is 39.1 Å². The smallest absolute Gasteiger partial charge is 0.258 e. The molecule has 166 valence electrons. The van der Waals surface area contributed by atoms with E-state index in [1.54, 1.807) is 12.1 Å². The minimum atomic E-state index is -0.813. The Morgan fingerprint density at radius 1 is 1.09 bits per heavy atom. The van der Waals surface area contributed by atoms with Crippen molar-refractivity contribution in [3.8, 4) is 0 Å². The highest BCUT2D eigenvalue weighted by Gasteiger charge is 2.35. The molecule has 5 rings (SSSR count). The molecule has 2 amide bonds. The lowest BCUT2D eigenvalue weighted by molar-refractivity contribution is 0.0959. The van der Waals surface area contributed by atoms with Crippen LogP contribution in [0.1, 0.15) is 37.9 Å². The Hall–Kier alpha value is -3.01. The van der Waals surface area contributed by atoms with Crippen molar-refractivity contribution in [1.82, 2.24) is 15.5 Å². The molecule has 0 bridgehead atoms. The summed E-state index contributed by atoms with van der Waals surface area (Å²) in [6.07, 6.45) is 0. The first kappa shape index (κ1) is 21.8. The van der Waals surface area contributed by atoms with E-state index >= 15 is 0 Å². The average Bonchev–Trinajstić information content (AvgIpc) is 3.29. The number of amides is 2. The summed E-state index contributed by atoms with van der Waals surface area (Å²) in [7, 11) is 0. The quantitative estimate of drug-likeness (QED) is 0.292. The Morgan fingerprint density at radius 3 is 2.67 bits per heavy atom. The summed E-state index contributed by atoms with van der Waals surface area (Å²) in [5, 5.41) is 12.6. The summed E-state index contributed by atoms with van der Waals surface area (Å²) in [5.74, 6) is -2.29. The molecular formula is C22H11BrCl2F2N4O2. The fraction of sp³-hybridized carbons (Fsp3) is 0.0455. The predicted octanol–water partition coefficient (Wildman–Crippen LogP) is 6.00. The number of anilines is 1. The van der Waals surface area contributed by atoms with Gasteiger partial charge < -0.3 is 10.6 Å². The Bertz CT molecular complexity index is 1490. The van der Waals surface area contributed by atoms with E-state index in [0.717, 1.165) is 6.07 Å². The molecule has 0 aliphatic carbocycles. The summed E-state index contributed by atoms with van der Waals surface area (Å²) >= 11 is 15.6. The van der Waals surface area contributed by atoms with E-state index in [-0.39, 0.29) is 37.9 Å². The number of H-pyrrole nitrogens is 1. The maximum absolute atomic E-state index is 14.2.